The summed E-state index contributed by atoms with van der Waals surface area (Å²) in [5, 5.41) is 3.01. The smallest absolute Gasteiger partial charge is 0.263 e. The minimum absolute atomic E-state index is 0.0398. The molecular weight excluding hydrogens is 352 g/mol. The van der Waals surface area contributed by atoms with E-state index in [9.17, 15) is 4.79 Å². The van der Waals surface area contributed by atoms with Gasteiger partial charge in [-0.15, -0.1) is 0 Å². The highest BCUT2D eigenvalue weighted by Gasteiger charge is 2.31. The number of carbonyl (C=O) groups excluding carboxylic acids is 1. The summed E-state index contributed by atoms with van der Waals surface area (Å²) in [6.45, 7) is 16.3. The van der Waals surface area contributed by atoms with Gasteiger partial charge in [-0.1, -0.05) is 53.2 Å². The molecule has 3 N–H and O–H groups in total. The van der Waals surface area contributed by atoms with Gasteiger partial charge in [-0.25, -0.2) is 0 Å². The first-order valence-electron chi connectivity index (χ1n) is 10.2. The van der Waals surface area contributed by atoms with Crippen LogP contribution in [-0.2, 0) is 16.0 Å². The number of hydrogen-bond acceptors (Lipinski definition) is 4. The lowest BCUT2D eigenvalue weighted by atomic mass is 9.93. The molecule has 1 aromatic rings. The maximum atomic E-state index is 12.7. The van der Waals surface area contributed by atoms with E-state index in [0.29, 0.717) is 32.1 Å². The Balaban J connectivity index is 2.52. The van der Waals surface area contributed by atoms with Gasteiger partial charge >= 0.3 is 0 Å². The van der Waals surface area contributed by atoms with Gasteiger partial charge in [-0.3, -0.25) is 4.79 Å². The second kappa shape index (κ2) is 10.3. The van der Waals surface area contributed by atoms with E-state index >= 15 is 0 Å². The summed E-state index contributed by atoms with van der Waals surface area (Å²) in [6.07, 6.45) is 2.15. The molecule has 0 aromatic heterocycles. The first-order valence-corrected chi connectivity index (χ1v) is 10.2. The van der Waals surface area contributed by atoms with E-state index in [0.717, 1.165) is 12.8 Å². The maximum absolute atomic E-state index is 12.7. The average molecular weight is 393 g/mol. The number of hydrogen-bond donors (Lipinski definition) is 2. The summed E-state index contributed by atoms with van der Waals surface area (Å²) >= 11 is 0. The number of amides is 1. The zero-order valence-electron chi connectivity index (χ0n) is 18.9. The highest BCUT2D eigenvalue weighted by atomic mass is 16.5. The number of rotatable bonds is 12. The molecule has 0 aliphatic rings. The van der Waals surface area contributed by atoms with Crippen LogP contribution in [0.3, 0.4) is 0 Å². The van der Waals surface area contributed by atoms with Gasteiger partial charge in [0.25, 0.3) is 5.91 Å². The van der Waals surface area contributed by atoms with Crippen molar-refractivity contribution in [3.05, 3.63) is 29.8 Å². The Labute approximate surface area is 171 Å². The van der Waals surface area contributed by atoms with Crippen LogP contribution >= 0.6 is 0 Å². The Morgan fingerprint density at radius 3 is 2.11 bits per heavy atom. The highest BCUT2D eigenvalue weighted by molar-refractivity contribution is 5.84. The lowest BCUT2D eigenvalue weighted by Gasteiger charge is -2.31. The van der Waals surface area contributed by atoms with Crippen molar-refractivity contribution < 1.29 is 14.3 Å². The van der Waals surface area contributed by atoms with Crippen molar-refractivity contribution in [2.24, 2.45) is 16.6 Å². The number of nitrogens with one attached hydrogen (secondary N) is 1. The van der Waals surface area contributed by atoms with Crippen molar-refractivity contribution in [2.75, 3.05) is 26.3 Å². The average Bonchev–Trinajstić information content (AvgIpc) is 2.61. The molecule has 5 nitrogen and oxygen atoms in total. The number of nitrogens with two attached hydrogens (primary N) is 1. The van der Waals surface area contributed by atoms with Crippen LogP contribution in [0.25, 0.3) is 0 Å². The molecule has 0 fully saturated rings. The number of benzene rings is 1. The summed E-state index contributed by atoms with van der Waals surface area (Å²) in [4.78, 5) is 12.7. The van der Waals surface area contributed by atoms with E-state index in [1.165, 1.54) is 5.56 Å². The molecule has 0 bridgehead atoms. The Bertz CT molecular complexity index is 607. The quantitative estimate of drug-likeness (QED) is 0.565. The van der Waals surface area contributed by atoms with Gasteiger partial charge in [0.05, 0.1) is 13.2 Å². The second-order valence-electron chi connectivity index (χ2n) is 9.71. The number of carbonyl (C=O) groups is 1. The van der Waals surface area contributed by atoms with Crippen molar-refractivity contribution in [2.45, 2.75) is 66.9 Å². The van der Waals surface area contributed by atoms with E-state index in [2.05, 4.69) is 52.1 Å². The zero-order chi connectivity index (χ0) is 21.4. The van der Waals surface area contributed by atoms with E-state index in [4.69, 9.17) is 15.2 Å². The third-order valence-electron chi connectivity index (χ3n) is 4.65. The molecule has 0 aliphatic carbocycles. The summed E-state index contributed by atoms with van der Waals surface area (Å²) in [5.41, 5.74) is 5.84. The molecule has 0 saturated heterocycles. The fourth-order valence-electron chi connectivity index (χ4n) is 2.60. The molecule has 1 rings (SSSR count). The first kappa shape index (κ1) is 24.4. The van der Waals surface area contributed by atoms with Crippen LogP contribution in [-0.4, -0.2) is 37.8 Å². The van der Waals surface area contributed by atoms with Gasteiger partial charge in [0.2, 0.25) is 0 Å². The van der Waals surface area contributed by atoms with Crippen LogP contribution in [0.4, 0.5) is 0 Å². The summed E-state index contributed by atoms with van der Waals surface area (Å²) in [6, 6.07) is 7.96. The molecule has 5 heteroatoms. The van der Waals surface area contributed by atoms with Crippen LogP contribution in [0.5, 0.6) is 5.75 Å². The lowest BCUT2D eigenvalue weighted by molar-refractivity contribution is -0.134. The van der Waals surface area contributed by atoms with Crippen LogP contribution < -0.4 is 15.8 Å². The minimum atomic E-state index is -0.954. The van der Waals surface area contributed by atoms with Gasteiger partial charge in [-0.2, -0.15) is 0 Å². The SMILES string of the molecule is CCCc1ccc(OC(C)(C)C(=O)NCC(C)(C)COCC(C)(C)CN)cc1. The number of aryl methyl sites for hydroxylation is 1. The molecule has 0 saturated carbocycles. The van der Waals surface area contributed by atoms with Gasteiger partial charge < -0.3 is 20.5 Å². The molecule has 1 aromatic carbocycles. The van der Waals surface area contributed by atoms with E-state index in [-0.39, 0.29) is 16.7 Å². The third-order valence-corrected chi connectivity index (χ3v) is 4.65. The van der Waals surface area contributed by atoms with Crippen LogP contribution in [0.15, 0.2) is 24.3 Å². The topological polar surface area (TPSA) is 73.6 Å². The fourth-order valence-corrected chi connectivity index (χ4v) is 2.60. The van der Waals surface area contributed by atoms with Gasteiger partial charge in [0.15, 0.2) is 5.60 Å². The van der Waals surface area contributed by atoms with E-state index < -0.39 is 5.60 Å². The molecule has 0 spiro atoms. The lowest BCUT2D eigenvalue weighted by Crippen LogP contribution is -2.49. The molecule has 1 amide bonds. The normalized spacial score (nSPS) is 12.7. The molecule has 160 valence electrons. The molecule has 0 unspecified atom stereocenters. The Hall–Kier alpha value is -1.59. The molecule has 0 aliphatic heterocycles. The van der Waals surface area contributed by atoms with E-state index in [1.807, 2.05) is 12.1 Å². The molecule has 28 heavy (non-hydrogen) atoms. The summed E-state index contributed by atoms with van der Waals surface area (Å²) in [5.74, 6) is 0.562. The van der Waals surface area contributed by atoms with Gasteiger partial charge in [0, 0.05) is 17.4 Å². The second-order valence-corrected chi connectivity index (χ2v) is 9.71. The number of ether oxygens (including phenoxy) is 2. The zero-order valence-corrected chi connectivity index (χ0v) is 18.9. The summed E-state index contributed by atoms with van der Waals surface area (Å²) < 4.78 is 11.8. The fraction of sp³-hybridized carbons (Fsp3) is 0.696. The van der Waals surface area contributed by atoms with Crippen molar-refractivity contribution in [1.29, 1.82) is 0 Å². The standard InChI is InChI=1S/C23H40N2O3/c1-8-9-18-10-12-19(13-11-18)28-23(6,7)20(26)25-15-22(4,5)17-27-16-21(2,3)14-24/h10-13H,8-9,14-17,24H2,1-7H3,(H,25,26). The molecule has 0 heterocycles. The Morgan fingerprint density at radius 1 is 1.00 bits per heavy atom. The van der Waals surface area contributed by atoms with Crippen molar-refractivity contribution >= 4 is 5.91 Å². The highest BCUT2D eigenvalue weighted by Crippen LogP contribution is 2.21. The van der Waals surface area contributed by atoms with Crippen molar-refractivity contribution in [3.8, 4) is 5.75 Å². The monoisotopic (exact) mass is 392 g/mol. The Kier molecular flexibility index (Phi) is 8.96. The van der Waals surface area contributed by atoms with Crippen LogP contribution in [0.2, 0.25) is 0 Å². The van der Waals surface area contributed by atoms with E-state index in [1.54, 1.807) is 13.8 Å². The van der Waals surface area contributed by atoms with Crippen LogP contribution in [0.1, 0.15) is 60.5 Å². The van der Waals surface area contributed by atoms with Gasteiger partial charge in [-0.05, 0) is 44.5 Å². The molecule has 0 atom stereocenters. The van der Waals surface area contributed by atoms with Crippen molar-refractivity contribution in [3.63, 3.8) is 0 Å². The van der Waals surface area contributed by atoms with Gasteiger partial charge in [0.1, 0.15) is 5.75 Å². The molecular formula is C23H40N2O3. The third kappa shape index (κ3) is 8.61. The molecule has 0 radical (unpaired) electrons. The van der Waals surface area contributed by atoms with Crippen LogP contribution in [0, 0.1) is 10.8 Å². The largest absolute Gasteiger partial charge is 0.478 e. The predicted molar refractivity (Wildman–Crippen MR) is 116 cm³/mol. The summed E-state index contributed by atoms with van der Waals surface area (Å²) in [7, 11) is 0. The van der Waals surface area contributed by atoms with Crippen molar-refractivity contribution in [1.82, 2.24) is 5.32 Å². The minimum Gasteiger partial charge on any atom is -0.478 e. The predicted octanol–water partition coefficient (Wildman–Crippen LogP) is 3.94. The maximum Gasteiger partial charge on any atom is 0.263 e. The first-order chi connectivity index (χ1) is 12.9. The Morgan fingerprint density at radius 2 is 1.57 bits per heavy atom.